The highest BCUT2D eigenvalue weighted by atomic mass is 16.6. The Bertz CT molecular complexity index is 1090. The second-order valence-electron chi connectivity index (χ2n) is 6.32. The molecule has 0 aliphatic rings. The molecule has 0 fully saturated rings. The lowest BCUT2D eigenvalue weighted by Gasteiger charge is -2.08. The van der Waals surface area contributed by atoms with Crippen molar-refractivity contribution in [3.8, 4) is 0 Å². The van der Waals surface area contributed by atoms with Gasteiger partial charge in [0.25, 0.3) is 5.69 Å². The van der Waals surface area contributed by atoms with E-state index in [9.17, 15) is 14.9 Å². The molecular formula is C20H20N4O4. The van der Waals surface area contributed by atoms with Gasteiger partial charge >= 0.3 is 5.97 Å². The van der Waals surface area contributed by atoms with Crippen LogP contribution in [0.4, 0.5) is 11.4 Å². The number of carbonyl (C=O) groups is 1. The summed E-state index contributed by atoms with van der Waals surface area (Å²) in [5.74, 6) is 0.242. The third kappa shape index (κ3) is 4.01. The zero-order valence-corrected chi connectivity index (χ0v) is 15.8. The maximum Gasteiger partial charge on any atom is 0.330 e. The largest absolute Gasteiger partial charge is 0.466 e. The van der Waals surface area contributed by atoms with Crippen LogP contribution in [0.2, 0.25) is 0 Å². The number of carbonyl (C=O) groups excluding carboxylic acids is 1. The molecule has 0 saturated heterocycles. The number of nitro benzene ring substituents is 1. The van der Waals surface area contributed by atoms with Crippen molar-refractivity contribution in [1.29, 1.82) is 0 Å². The van der Waals surface area contributed by atoms with Gasteiger partial charge in [0, 0.05) is 19.2 Å². The number of imidazole rings is 1. The minimum Gasteiger partial charge on any atom is -0.466 e. The van der Waals surface area contributed by atoms with Crippen molar-refractivity contribution < 1.29 is 14.5 Å². The summed E-state index contributed by atoms with van der Waals surface area (Å²) in [5.41, 5.74) is 3.83. The van der Waals surface area contributed by atoms with E-state index in [1.54, 1.807) is 12.1 Å². The van der Waals surface area contributed by atoms with E-state index in [1.165, 1.54) is 25.3 Å². The van der Waals surface area contributed by atoms with Gasteiger partial charge in [0.15, 0.2) is 0 Å². The zero-order valence-electron chi connectivity index (χ0n) is 15.8. The standard InChI is InChI=1S/C20H20N4O4/c1-13-4-8-17-16(10-13)22-19(23(17)2)12-21-15-7-5-14(6-9-20(25)28-3)11-18(15)24(26)27/h4-11,21H,12H2,1-3H3/b9-6+. The number of aryl methyl sites for hydroxylation is 2. The van der Waals surface area contributed by atoms with Crippen molar-refractivity contribution in [2.24, 2.45) is 7.05 Å². The predicted octanol–water partition coefficient (Wildman–Crippen LogP) is 3.59. The molecule has 2 aromatic carbocycles. The van der Waals surface area contributed by atoms with Gasteiger partial charge in [0.2, 0.25) is 0 Å². The van der Waals surface area contributed by atoms with E-state index in [0.29, 0.717) is 17.8 Å². The van der Waals surface area contributed by atoms with Crippen LogP contribution >= 0.6 is 0 Å². The quantitative estimate of drug-likeness (QED) is 0.304. The van der Waals surface area contributed by atoms with E-state index in [1.807, 2.05) is 36.7 Å². The Kier molecular flexibility index (Phi) is 5.39. The van der Waals surface area contributed by atoms with Crippen molar-refractivity contribution in [2.45, 2.75) is 13.5 Å². The first-order chi connectivity index (χ1) is 13.4. The molecule has 8 nitrogen and oxygen atoms in total. The Morgan fingerprint density at radius 1 is 1.32 bits per heavy atom. The smallest absolute Gasteiger partial charge is 0.330 e. The number of fused-ring (bicyclic) bond motifs is 1. The highest BCUT2D eigenvalue weighted by molar-refractivity contribution is 5.87. The maximum atomic E-state index is 11.5. The Balaban J connectivity index is 1.84. The van der Waals surface area contributed by atoms with Crippen LogP contribution in [0.15, 0.2) is 42.5 Å². The Morgan fingerprint density at radius 3 is 2.82 bits per heavy atom. The van der Waals surface area contributed by atoms with Gasteiger partial charge in [0.1, 0.15) is 11.5 Å². The third-order valence-corrected chi connectivity index (χ3v) is 4.40. The average molecular weight is 380 g/mol. The summed E-state index contributed by atoms with van der Waals surface area (Å²) in [6, 6.07) is 10.7. The Labute approximate surface area is 161 Å². The molecule has 3 aromatic rings. The van der Waals surface area contributed by atoms with Crippen LogP contribution in [-0.2, 0) is 23.1 Å². The number of methoxy groups -OCH3 is 1. The van der Waals surface area contributed by atoms with E-state index in [-0.39, 0.29) is 5.69 Å². The molecule has 28 heavy (non-hydrogen) atoms. The molecule has 0 aliphatic heterocycles. The third-order valence-electron chi connectivity index (χ3n) is 4.40. The minimum atomic E-state index is -0.526. The fraction of sp³-hybridized carbons (Fsp3) is 0.200. The number of esters is 1. The molecule has 0 radical (unpaired) electrons. The topological polar surface area (TPSA) is 99.3 Å². The normalized spacial score (nSPS) is 11.1. The van der Waals surface area contributed by atoms with E-state index in [0.717, 1.165) is 22.4 Å². The van der Waals surface area contributed by atoms with Crippen molar-refractivity contribution >= 4 is 34.5 Å². The summed E-state index contributed by atoms with van der Waals surface area (Å²) < 4.78 is 6.48. The number of hydrogen-bond donors (Lipinski definition) is 1. The fourth-order valence-corrected chi connectivity index (χ4v) is 2.88. The molecule has 0 amide bonds. The predicted molar refractivity (Wildman–Crippen MR) is 107 cm³/mol. The molecule has 0 unspecified atom stereocenters. The van der Waals surface area contributed by atoms with Crippen LogP contribution in [0, 0.1) is 17.0 Å². The van der Waals surface area contributed by atoms with Crippen molar-refractivity contribution in [2.75, 3.05) is 12.4 Å². The maximum absolute atomic E-state index is 11.5. The number of benzene rings is 2. The molecule has 1 aromatic heterocycles. The molecule has 0 saturated carbocycles. The SMILES string of the molecule is COC(=O)/C=C/c1ccc(NCc2nc3cc(C)ccc3n2C)c([N+](=O)[O-])c1. The van der Waals surface area contributed by atoms with Crippen molar-refractivity contribution in [1.82, 2.24) is 9.55 Å². The molecule has 0 bridgehead atoms. The van der Waals surface area contributed by atoms with Gasteiger partial charge in [-0.2, -0.15) is 0 Å². The van der Waals surface area contributed by atoms with Gasteiger partial charge in [0.05, 0.1) is 29.6 Å². The number of nitrogens with zero attached hydrogens (tertiary/aromatic N) is 3. The van der Waals surface area contributed by atoms with E-state index in [2.05, 4.69) is 15.0 Å². The molecule has 8 heteroatoms. The first-order valence-electron chi connectivity index (χ1n) is 8.59. The van der Waals surface area contributed by atoms with E-state index < -0.39 is 10.9 Å². The number of anilines is 1. The van der Waals surface area contributed by atoms with Gasteiger partial charge < -0.3 is 14.6 Å². The molecule has 0 spiro atoms. The van der Waals surface area contributed by atoms with Gasteiger partial charge in [-0.25, -0.2) is 9.78 Å². The summed E-state index contributed by atoms with van der Waals surface area (Å²) in [4.78, 5) is 26.8. The zero-order chi connectivity index (χ0) is 20.3. The molecule has 1 N–H and O–H groups in total. The van der Waals surface area contributed by atoms with Gasteiger partial charge in [-0.05, 0) is 42.3 Å². The van der Waals surface area contributed by atoms with Crippen LogP contribution in [-0.4, -0.2) is 27.6 Å². The summed E-state index contributed by atoms with van der Waals surface area (Å²) in [6.07, 6.45) is 2.68. The summed E-state index contributed by atoms with van der Waals surface area (Å²) >= 11 is 0. The molecule has 0 aliphatic carbocycles. The first-order valence-corrected chi connectivity index (χ1v) is 8.59. The Morgan fingerprint density at radius 2 is 2.11 bits per heavy atom. The molecule has 0 atom stereocenters. The molecule has 3 rings (SSSR count). The van der Waals surface area contributed by atoms with Gasteiger partial charge in [-0.1, -0.05) is 12.1 Å². The van der Waals surface area contributed by atoms with Crippen LogP contribution in [0.5, 0.6) is 0 Å². The fourth-order valence-electron chi connectivity index (χ4n) is 2.88. The number of hydrogen-bond acceptors (Lipinski definition) is 6. The number of nitrogens with one attached hydrogen (secondary N) is 1. The lowest BCUT2D eigenvalue weighted by atomic mass is 10.1. The highest BCUT2D eigenvalue weighted by Gasteiger charge is 2.15. The lowest BCUT2D eigenvalue weighted by molar-refractivity contribution is -0.384. The second-order valence-corrected chi connectivity index (χ2v) is 6.32. The van der Waals surface area contributed by atoms with Crippen LogP contribution in [0.25, 0.3) is 17.1 Å². The van der Waals surface area contributed by atoms with Crippen LogP contribution < -0.4 is 5.32 Å². The number of nitro groups is 1. The van der Waals surface area contributed by atoms with Crippen molar-refractivity contribution in [3.05, 3.63) is 69.5 Å². The van der Waals surface area contributed by atoms with E-state index >= 15 is 0 Å². The number of rotatable bonds is 6. The van der Waals surface area contributed by atoms with Crippen LogP contribution in [0.3, 0.4) is 0 Å². The second kappa shape index (κ2) is 7.91. The van der Waals surface area contributed by atoms with E-state index in [4.69, 9.17) is 0 Å². The average Bonchev–Trinajstić information content (AvgIpc) is 2.99. The molecule has 1 heterocycles. The number of ether oxygens (including phenoxy) is 1. The van der Waals surface area contributed by atoms with Crippen LogP contribution in [0.1, 0.15) is 17.0 Å². The van der Waals surface area contributed by atoms with Gasteiger partial charge in [-0.15, -0.1) is 0 Å². The summed E-state index contributed by atoms with van der Waals surface area (Å²) in [5, 5.41) is 14.5. The number of aromatic nitrogens is 2. The summed E-state index contributed by atoms with van der Waals surface area (Å²) in [6.45, 7) is 2.34. The lowest BCUT2D eigenvalue weighted by Crippen LogP contribution is -2.07. The Hall–Kier alpha value is -3.68. The molecular weight excluding hydrogens is 360 g/mol. The van der Waals surface area contributed by atoms with Crippen molar-refractivity contribution in [3.63, 3.8) is 0 Å². The highest BCUT2D eigenvalue weighted by Crippen LogP contribution is 2.27. The minimum absolute atomic E-state index is 0.0818. The molecule has 144 valence electrons. The first kappa shape index (κ1) is 19.1. The monoisotopic (exact) mass is 380 g/mol. The van der Waals surface area contributed by atoms with Gasteiger partial charge in [-0.3, -0.25) is 10.1 Å². The summed E-state index contributed by atoms with van der Waals surface area (Å²) in [7, 11) is 3.18.